The molecule has 4 rings (SSSR count). The standard InChI is InChI=1S/C18H21FN4O3/c1-9-6-22(8-13(9)20)14-4-3-10-16-11(14)5-15(19)21(2)23(16)7-12(17(10)24)18(25)26/h3-4,7,9,13,15H,5-6,8,20H2,1-2H3,(H,25,26)/t9-,13+,15-/m1/s1. The lowest BCUT2D eigenvalue weighted by Gasteiger charge is -2.35. The van der Waals surface area contributed by atoms with E-state index >= 15 is 0 Å². The Hall–Kier alpha value is -2.61. The summed E-state index contributed by atoms with van der Waals surface area (Å²) in [5, 5.41) is 10.9. The van der Waals surface area contributed by atoms with E-state index in [0.717, 1.165) is 17.8 Å². The summed E-state index contributed by atoms with van der Waals surface area (Å²) in [6.07, 6.45) is 0.0316. The Morgan fingerprint density at radius 1 is 1.35 bits per heavy atom. The van der Waals surface area contributed by atoms with E-state index in [9.17, 15) is 19.1 Å². The fourth-order valence-electron chi connectivity index (χ4n) is 3.98. The topological polar surface area (TPSA) is 91.8 Å². The van der Waals surface area contributed by atoms with Crippen molar-refractivity contribution in [1.82, 2.24) is 4.68 Å². The van der Waals surface area contributed by atoms with Gasteiger partial charge in [0.05, 0.1) is 5.52 Å². The van der Waals surface area contributed by atoms with Crippen molar-refractivity contribution in [3.05, 3.63) is 39.7 Å². The lowest BCUT2D eigenvalue weighted by atomic mass is 9.99. The molecule has 0 bridgehead atoms. The third-order valence-corrected chi connectivity index (χ3v) is 5.59. The maximum absolute atomic E-state index is 14.7. The van der Waals surface area contributed by atoms with Crippen LogP contribution in [0.1, 0.15) is 22.8 Å². The first kappa shape index (κ1) is 16.8. The Morgan fingerprint density at radius 3 is 2.69 bits per heavy atom. The number of carbonyl (C=O) groups is 1. The minimum absolute atomic E-state index is 0.0434. The third-order valence-electron chi connectivity index (χ3n) is 5.59. The van der Waals surface area contributed by atoms with Crippen molar-refractivity contribution in [2.75, 3.05) is 30.0 Å². The lowest BCUT2D eigenvalue weighted by Crippen LogP contribution is -2.44. The number of carboxylic acids is 1. The molecule has 7 nitrogen and oxygen atoms in total. The van der Waals surface area contributed by atoms with E-state index in [1.165, 1.54) is 15.9 Å². The highest BCUT2D eigenvalue weighted by Gasteiger charge is 2.33. The van der Waals surface area contributed by atoms with Gasteiger partial charge in [0.25, 0.3) is 0 Å². The van der Waals surface area contributed by atoms with Crippen LogP contribution < -0.4 is 21.1 Å². The molecule has 0 saturated carbocycles. The monoisotopic (exact) mass is 360 g/mol. The van der Waals surface area contributed by atoms with Gasteiger partial charge >= 0.3 is 5.97 Å². The molecule has 0 radical (unpaired) electrons. The Bertz CT molecular complexity index is 963. The number of nitrogens with zero attached hydrogens (tertiary/aromatic N) is 3. The van der Waals surface area contributed by atoms with Gasteiger partial charge in [0.15, 0.2) is 6.30 Å². The molecular weight excluding hydrogens is 339 g/mol. The fraction of sp³-hybridized carbons (Fsp3) is 0.444. The molecule has 2 aliphatic rings. The number of alkyl halides is 1. The molecule has 2 aliphatic heterocycles. The highest BCUT2D eigenvalue weighted by molar-refractivity contribution is 5.95. The van der Waals surface area contributed by atoms with E-state index in [-0.39, 0.29) is 18.0 Å². The molecule has 3 N–H and O–H groups in total. The Labute approximate surface area is 149 Å². The number of hydrogen-bond acceptors (Lipinski definition) is 5. The minimum Gasteiger partial charge on any atom is -0.477 e. The van der Waals surface area contributed by atoms with Crippen LogP contribution in [-0.4, -0.2) is 48.2 Å². The minimum atomic E-state index is -1.32. The second-order valence-electron chi connectivity index (χ2n) is 7.24. The summed E-state index contributed by atoms with van der Waals surface area (Å²) in [4.78, 5) is 26.2. The van der Waals surface area contributed by atoms with Crippen molar-refractivity contribution in [1.29, 1.82) is 0 Å². The number of rotatable bonds is 2. The zero-order valence-corrected chi connectivity index (χ0v) is 14.6. The summed E-state index contributed by atoms with van der Waals surface area (Å²) < 4.78 is 16.1. The van der Waals surface area contributed by atoms with Gasteiger partial charge in [-0.05, 0) is 18.1 Å². The zero-order chi connectivity index (χ0) is 18.7. The highest BCUT2D eigenvalue weighted by Crippen LogP contribution is 2.35. The van der Waals surface area contributed by atoms with E-state index in [0.29, 0.717) is 23.4 Å². The van der Waals surface area contributed by atoms with Gasteiger partial charge in [-0.25, -0.2) is 9.18 Å². The van der Waals surface area contributed by atoms with E-state index in [4.69, 9.17) is 5.73 Å². The number of benzene rings is 1. The zero-order valence-electron chi connectivity index (χ0n) is 14.6. The molecule has 8 heteroatoms. The number of pyridine rings is 1. The molecule has 26 heavy (non-hydrogen) atoms. The molecule has 138 valence electrons. The predicted octanol–water partition coefficient (Wildman–Crippen LogP) is 0.903. The van der Waals surface area contributed by atoms with Crippen LogP contribution in [0.25, 0.3) is 10.9 Å². The molecule has 1 aromatic heterocycles. The number of anilines is 1. The number of aromatic nitrogens is 1. The Kier molecular flexibility index (Phi) is 3.69. The molecule has 1 fully saturated rings. The molecule has 3 atom stereocenters. The number of nitrogens with two attached hydrogens (primary N) is 1. The summed E-state index contributed by atoms with van der Waals surface area (Å²) in [6.45, 7) is 3.52. The molecule has 0 aliphatic carbocycles. The largest absolute Gasteiger partial charge is 0.477 e. The highest BCUT2D eigenvalue weighted by atomic mass is 19.1. The summed E-state index contributed by atoms with van der Waals surface area (Å²) in [7, 11) is 1.55. The second kappa shape index (κ2) is 5.70. The van der Waals surface area contributed by atoms with Gasteiger partial charge in [-0.1, -0.05) is 6.92 Å². The van der Waals surface area contributed by atoms with Crippen LogP contribution in [0, 0.1) is 5.92 Å². The molecule has 1 saturated heterocycles. The average Bonchev–Trinajstić information content (AvgIpc) is 2.92. The normalized spacial score (nSPS) is 25.2. The number of halogens is 1. The number of hydrogen-bond donors (Lipinski definition) is 2. The van der Waals surface area contributed by atoms with E-state index < -0.39 is 17.7 Å². The van der Waals surface area contributed by atoms with Crippen LogP contribution in [0.4, 0.5) is 10.1 Å². The fourth-order valence-corrected chi connectivity index (χ4v) is 3.98. The number of likely N-dealkylation sites (N-methyl/N-ethyl adjacent to an activating group) is 1. The van der Waals surface area contributed by atoms with Gasteiger partial charge in [0.2, 0.25) is 5.43 Å². The van der Waals surface area contributed by atoms with Crippen LogP contribution in [0.15, 0.2) is 23.1 Å². The SMILES string of the molecule is C[C@@H]1CN(c2ccc3c(=O)c(C(=O)O)cn4c3c2C[C@H](F)N4C)C[C@@H]1N. The molecule has 0 amide bonds. The summed E-state index contributed by atoms with van der Waals surface area (Å²) in [5.74, 6) is -0.998. The quantitative estimate of drug-likeness (QED) is 0.774. The smallest absolute Gasteiger partial charge is 0.341 e. The van der Waals surface area contributed by atoms with Gasteiger partial charge in [0, 0.05) is 55.4 Å². The molecule has 3 heterocycles. The first-order chi connectivity index (χ1) is 12.3. The van der Waals surface area contributed by atoms with Crippen LogP contribution in [0.3, 0.4) is 0 Å². The van der Waals surface area contributed by atoms with Crippen molar-refractivity contribution in [2.24, 2.45) is 11.7 Å². The molecule has 2 aromatic rings. The summed E-state index contributed by atoms with van der Waals surface area (Å²) >= 11 is 0. The Morgan fingerprint density at radius 2 is 2.08 bits per heavy atom. The van der Waals surface area contributed by atoms with Crippen LogP contribution in [0.5, 0.6) is 0 Å². The van der Waals surface area contributed by atoms with Crippen molar-refractivity contribution in [3.63, 3.8) is 0 Å². The maximum Gasteiger partial charge on any atom is 0.341 e. The van der Waals surface area contributed by atoms with Crippen molar-refractivity contribution < 1.29 is 14.3 Å². The van der Waals surface area contributed by atoms with E-state index in [1.54, 1.807) is 19.2 Å². The maximum atomic E-state index is 14.7. The third kappa shape index (κ3) is 2.28. The van der Waals surface area contributed by atoms with Crippen LogP contribution >= 0.6 is 0 Å². The first-order valence-corrected chi connectivity index (χ1v) is 8.62. The second-order valence-corrected chi connectivity index (χ2v) is 7.24. The van der Waals surface area contributed by atoms with Crippen LogP contribution in [0.2, 0.25) is 0 Å². The van der Waals surface area contributed by atoms with Gasteiger partial charge in [-0.2, -0.15) is 0 Å². The van der Waals surface area contributed by atoms with Crippen molar-refractivity contribution in [2.45, 2.75) is 25.7 Å². The molecule has 0 unspecified atom stereocenters. The van der Waals surface area contributed by atoms with Crippen molar-refractivity contribution >= 4 is 22.6 Å². The van der Waals surface area contributed by atoms with Crippen LogP contribution in [-0.2, 0) is 6.42 Å². The number of carboxylic acid groups (broad SMARTS) is 1. The van der Waals surface area contributed by atoms with E-state index in [2.05, 4.69) is 11.8 Å². The Balaban J connectivity index is 2.00. The predicted molar refractivity (Wildman–Crippen MR) is 97.3 cm³/mol. The summed E-state index contributed by atoms with van der Waals surface area (Å²) in [6, 6.07) is 3.47. The lowest BCUT2D eigenvalue weighted by molar-refractivity contribution is 0.0694. The van der Waals surface area contributed by atoms with E-state index in [1.807, 2.05) is 0 Å². The number of aromatic carboxylic acids is 1. The molecular formula is C18H21FN4O3. The van der Waals surface area contributed by atoms with Crippen molar-refractivity contribution in [3.8, 4) is 0 Å². The molecule has 1 aromatic carbocycles. The summed E-state index contributed by atoms with van der Waals surface area (Å²) in [5.41, 5.74) is 7.38. The van der Waals surface area contributed by atoms with Gasteiger partial charge < -0.3 is 15.7 Å². The average molecular weight is 360 g/mol. The van der Waals surface area contributed by atoms with Gasteiger partial charge in [0.1, 0.15) is 5.56 Å². The molecule has 0 spiro atoms. The first-order valence-electron chi connectivity index (χ1n) is 8.62. The van der Waals surface area contributed by atoms with Gasteiger partial charge in [-0.15, -0.1) is 0 Å². The van der Waals surface area contributed by atoms with Gasteiger partial charge in [-0.3, -0.25) is 14.5 Å².